The topological polar surface area (TPSA) is 41.4 Å². The standard InChI is InChI=1S/C20H20N4O/c1-14(2)23-18-12-8-7-11-17(18)22(3)20(25)16-13-21-24(19(16)23)15-9-5-4-6-10-15/h4-14H,1-3H3. The van der Waals surface area contributed by atoms with Crippen LogP contribution in [0.2, 0.25) is 0 Å². The SMILES string of the molecule is CC(C)N1c2ccccc2N(C)C(=O)c2cnn(-c3ccccc3)c21. The Bertz CT molecular complexity index is 930. The molecule has 3 aromatic rings. The summed E-state index contributed by atoms with van der Waals surface area (Å²) in [4.78, 5) is 16.9. The third kappa shape index (κ3) is 2.31. The lowest BCUT2D eigenvalue weighted by molar-refractivity contribution is 0.0994. The minimum absolute atomic E-state index is 0.0484. The first-order valence-corrected chi connectivity index (χ1v) is 8.39. The van der Waals surface area contributed by atoms with Crippen molar-refractivity contribution in [2.75, 3.05) is 16.8 Å². The van der Waals surface area contributed by atoms with E-state index in [1.165, 1.54) is 0 Å². The second kappa shape index (κ2) is 5.77. The fourth-order valence-corrected chi connectivity index (χ4v) is 3.36. The van der Waals surface area contributed by atoms with Crippen molar-refractivity contribution in [3.05, 3.63) is 66.4 Å². The number of carbonyl (C=O) groups is 1. The fourth-order valence-electron chi connectivity index (χ4n) is 3.36. The smallest absolute Gasteiger partial charge is 0.263 e. The predicted molar refractivity (Wildman–Crippen MR) is 100 cm³/mol. The van der Waals surface area contributed by atoms with Gasteiger partial charge < -0.3 is 9.80 Å². The molecule has 0 N–H and O–H groups in total. The van der Waals surface area contributed by atoms with Crippen molar-refractivity contribution >= 4 is 23.1 Å². The Hall–Kier alpha value is -3.08. The van der Waals surface area contributed by atoms with E-state index >= 15 is 0 Å². The molecule has 1 aliphatic heterocycles. The van der Waals surface area contributed by atoms with Crippen molar-refractivity contribution in [1.29, 1.82) is 0 Å². The van der Waals surface area contributed by atoms with E-state index in [1.807, 2.05) is 60.3 Å². The van der Waals surface area contributed by atoms with Crippen LogP contribution in [0.15, 0.2) is 60.8 Å². The van der Waals surface area contributed by atoms with Gasteiger partial charge in [0.15, 0.2) is 0 Å². The Morgan fingerprint density at radius 3 is 2.24 bits per heavy atom. The van der Waals surface area contributed by atoms with Crippen LogP contribution in [0.4, 0.5) is 17.2 Å². The van der Waals surface area contributed by atoms with E-state index in [-0.39, 0.29) is 11.9 Å². The molecule has 4 rings (SSSR count). The number of fused-ring (bicyclic) bond motifs is 2. The van der Waals surface area contributed by atoms with Crippen LogP contribution >= 0.6 is 0 Å². The van der Waals surface area contributed by atoms with Gasteiger partial charge in [-0.25, -0.2) is 4.68 Å². The molecule has 0 spiro atoms. The Kier molecular flexibility index (Phi) is 3.57. The van der Waals surface area contributed by atoms with Crippen LogP contribution < -0.4 is 9.80 Å². The maximum Gasteiger partial charge on any atom is 0.263 e. The Morgan fingerprint density at radius 2 is 1.56 bits per heavy atom. The lowest BCUT2D eigenvalue weighted by Gasteiger charge is -2.30. The second-order valence-electron chi connectivity index (χ2n) is 6.45. The Balaban J connectivity index is 2.04. The van der Waals surface area contributed by atoms with Crippen molar-refractivity contribution in [3.8, 4) is 5.69 Å². The minimum atomic E-state index is -0.0484. The third-order valence-corrected chi connectivity index (χ3v) is 4.53. The van der Waals surface area contributed by atoms with Crippen molar-refractivity contribution < 1.29 is 4.79 Å². The van der Waals surface area contributed by atoms with Crippen LogP contribution in [-0.2, 0) is 0 Å². The molecule has 1 amide bonds. The van der Waals surface area contributed by atoms with E-state index in [9.17, 15) is 4.79 Å². The zero-order valence-electron chi connectivity index (χ0n) is 14.5. The van der Waals surface area contributed by atoms with E-state index in [4.69, 9.17) is 0 Å². The maximum absolute atomic E-state index is 13.1. The molecule has 25 heavy (non-hydrogen) atoms. The molecule has 0 saturated heterocycles. The monoisotopic (exact) mass is 332 g/mol. The summed E-state index contributed by atoms with van der Waals surface area (Å²) in [6.45, 7) is 4.25. The van der Waals surface area contributed by atoms with E-state index in [1.54, 1.807) is 11.1 Å². The molecular weight excluding hydrogens is 312 g/mol. The first kappa shape index (κ1) is 15.4. The highest BCUT2D eigenvalue weighted by Gasteiger charge is 2.33. The molecule has 2 heterocycles. The Labute approximate surface area is 147 Å². The quantitative estimate of drug-likeness (QED) is 0.712. The van der Waals surface area contributed by atoms with Crippen molar-refractivity contribution in [2.24, 2.45) is 0 Å². The zero-order chi connectivity index (χ0) is 17.6. The number of carbonyl (C=O) groups excluding carboxylic acids is 1. The summed E-state index contributed by atoms with van der Waals surface area (Å²) in [7, 11) is 1.81. The average Bonchev–Trinajstić information content (AvgIpc) is 3.02. The number of rotatable bonds is 2. The van der Waals surface area contributed by atoms with Gasteiger partial charge in [-0.05, 0) is 38.1 Å². The van der Waals surface area contributed by atoms with Gasteiger partial charge in [-0.3, -0.25) is 4.79 Å². The number of aromatic nitrogens is 2. The summed E-state index contributed by atoms with van der Waals surface area (Å²) in [6.07, 6.45) is 1.67. The summed E-state index contributed by atoms with van der Waals surface area (Å²) < 4.78 is 1.85. The number of para-hydroxylation sites is 3. The molecule has 5 heteroatoms. The van der Waals surface area contributed by atoms with Gasteiger partial charge in [0.1, 0.15) is 11.4 Å². The molecule has 0 bridgehead atoms. The lowest BCUT2D eigenvalue weighted by Crippen LogP contribution is -2.28. The zero-order valence-corrected chi connectivity index (χ0v) is 14.5. The van der Waals surface area contributed by atoms with Gasteiger partial charge in [0.05, 0.1) is 23.3 Å². The van der Waals surface area contributed by atoms with E-state index < -0.39 is 0 Å². The average molecular weight is 332 g/mol. The molecule has 0 saturated carbocycles. The normalized spacial score (nSPS) is 13.7. The minimum Gasteiger partial charge on any atom is -0.321 e. The number of hydrogen-bond acceptors (Lipinski definition) is 3. The van der Waals surface area contributed by atoms with E-state index in [0.717, 1.165) is 22.9 Å². The highest BCUT2D eigenvalue weighted by Crippen LogP contribution is 2.41. The molecular formula is C20H20N4O. The number of benzene rings is 2. The highest BCUT2D eigenvalue weighted by atomic mass is 16.2. The van der Waals surface area contributed by atoms with Crippen LogP contribution in [0, 0.1) is 0 Å². The van der Waals surface area contributed by atoms with Crippen LogP contribution in [0.1, 0.15) is 24.2 Å². The van der Waals surface area contributed by atoms with Crippen LogP contribution in [0.3, 0.4) is 0 Å². The van der Waals surface area contributed by atoms with Gasteiger partial charge in [0.2, 0.25) is 0 Å². The molecule has 0 unspecified atom stereocenters. The third-order valence-electron chi connectivity index (χ3n) is 4.53. The maximum atomic E-state index is 13.1. The van der Waals surface area contributed by atoms with E-state index in [0.29, 0.717) is 5.56 Å². The summed E-state index contributed by atoms with van der Waals surface area (Å²) in [5, 5.41) is 4.53. The summed E-state index contributed by atoms with van der Waals surface area (Å²) in [5.74, 6) is 0.760. The van der Waals surface area contributed by atoms with Gasteiger partial charge in [-0.15, -0.1) is 0 Å². The Morgan fingerprint density at radius 1 is 0.920 bits per heavy atom. The van der Waals surface area contributed by atoms with Gasteiger partial charge in [-0.2, -0.15) is 5.10 Å². The summed E-state index contributed by atoms with van der Waals surface area (Å²) >= 11 is 0. The molecule has 126 valence electrons. The van der Waals surface area contributed by atoms with Crippen molar-refractivity contribution in [2.45, 2.75) is 19.9 Å². The molecule has 5 nitrogen and oxygen atoms in total. The van der Waals surface area contributed by atoms with Crippen molar-refractivity contribution in [3.63, 3.8) is 0 Å². The molecule has 1 aliphatic rings. The molecule has 0 fully saturated rings. The van der Waals surface area contributed by atoms with E-state index in [2.05, 4.69) is 29.9 Å². The summed E-state index contributed by atoms with van der Waals surface area (Å²) in [6, 6.07) is 18.1. The molecule has 0 atom stereocenters. The van der Waals surface area contributed by atoms with Gasteiger partial charge in [0, 0.05) is 13.1 Å². The number of anilines is 3. The van der Waals surface area contributed by atoms with Crippen molar-refractivity contribution in [1.82, 2.24) is 9.78 Å². The number of nitrogens with zero attached hydrogens (tertiary/aromatic N) is 4. The van der Waals surface area contributed by atoms with Crippen LogP contribution in [-0.4, -0.2) is 28.8 Å². The lowest BCUT2D eigenvalue weighted by atomic mass is 10.2. The molecule has 2 aromatic carbocycles. The predicted octanol–water partition coefficient (Wildman–Crippen LogP) is 4.01. The van der Waals surface area contributed by atoms with Gasteiger partial charge in [0.25, 0.3) is 5.91 Å². The molecule has 1 aromatic heterocycles. The van der Waals surface area contributed by atoms with Gasteiger partial charge >= 0.3 is 0 Å². The van der Waals surface area contributed by atoms with Gasteiger partial charge in [-0.1, -0.05) is 30.3 Å². The largest absolute Gasteiger partial charge is 0.321 e. The first-order chi connectivity index (χ1) is 12.1. The van der Waals surface area contributed by atoms with Crippen LogP contribution in [0.5, 0.6) is 0 Å². The highest BCUT2D eigenvalue weighted by molar-refractivity contribution is 6.13. The molecule has 0 radical (unpaired) electrons. The second-order valence-corrected chi connectivity index (χ2v) is 6.45. The fraction of sp³-hybridized carbons (Fsp3) is 0.200. The first-order valence-electron chi connectivity index (χ1n) is 8.39. The number of hydrogen-bond donors (Lipinski definition) is 0. The van der Waals surface area contributed by atoms with Crippen LogP contribution in [0.25, 0.3) is 5.69 Å². The number of amides is 1. The molecule has 0 aliphatic carbocycles. The summed E-state index contributed by atoms with van der Waals surface area (Å²) in [5.41, 5.74) is 3.45.